The molecule has 3 rings (SSSR count). The predicted octanol–water partition coefficient (Wildman–Crippen LogP) is 3.17. The van der Waals surface area contributed by atoms with Gasteiger partial charge < -0.3 is 15.2 Å². The summed E-state index contributed by atoms with van der Waals surface area (Å²) in [5.41, 5.74) is 1.96. The van der Waals surface area contributed by atoms with Gasteiger partial charge in [0.05, 0.1) is 13.2 Å². The maximum atomic E-state index is 11.7. The van der Waals surface area contributed by atoms with Gasteiger partial charge >= 0.3 is 0 Å². The van der Waals surface area contributed by atoms with E-state index in [0.717, 1.165) is 16.7 Å². The number of hydrogen-bond acceptors (Lipinski definition) is 4. The van der Waals surface area contributed by atoms with E-state index in [1.807, 2.05) is 48.5 Å². The number of fused-ring (bicyclic) bond motifs is 1. The lowest BCUT2D eigenvalue weighted by atomic mass is 9.96. The van der Waals surface area contributed by atoms with Crippen molar-refractivity contribution in [2.75, 3.05) is 7.11 Å². The smallest absolute Gasteiger partial charge is 0.217 e. The van der Waals surface area contributed by atoms with Gasteiger partial charge in [0.1, 0.15) is 17.0 Å². The Labute approximate surface area is 139 Å². The summed E-state index contributed by atoms with van der Waals surface area (Å²) in [7, 11) is 1.60. The van der Waals surface area contributed by atoms with Crippen LogP contribution in [-0.4, -0.2) is 23.1 Å². The molecule has 0 saturated carbocycles. The van der Waals surface area contributed by atoms with Crippen molar-refractivity contribution in [2.24, 2.45) is 0 Å². The van der Waals surface area contributed by atoms with Crippen molar-refractivity contribution in [1.82, 2.24) is 10.3 Å². The van der Waals surface area contributed by atoms with Crippen molar-refractivity contribution in [3.05, 3.63) is 65.9 Å². The van der Waals surface area contributed by atoms with Crippen LogP contribution < -0.4 is 10.1 Å². The first-order chi connectivity index (χ1) is 11.6. The van der Waals surface area contributed by atoms with Gasteiger partial charge in [0, 0.05) is 24.1 Å². The van der Waals surface area contributed by atoms with E-state index >= 15 is 0 Å². The lowest BCUT2D eigenvalue weighted by Gasteiger charge is -2.21. The molecule has 1 amide bonds. The zero-order valence-electron chi connectivity index (χ0n) is 13.5. The normalized spacial score (nSPS) is 11.9. The summed E-state index contributed by atoms with van der Waals surface area (Å²) in [4.78, 5) is 15.9. The third kappa shape index (κ3) is 3.01. The number of methoxy groups -OCH3 is 1. The first-order valence-corrected chi connectivity index (χ1v) is 7.58. The third-order valence-corrected chi connectivity index (χ3v) is 3.89. The highest BCUT2D eigenvalue weighted by atomic mass is 16.5. The highest BCUT2D eigenvalue weighted by molar-refractivity contribution is 5.86. The molecule has 24 heavy (non-hydrogen) atoms. The number of rotatable bonds is 4. The number of nitrogens with zero attached hydrogens (tertiary/aromatic N) is 1. The van der Waals surface area contributed by atoms with Crippen LogP contribution in [0.15, 0.2) is 54.7 Å². The maximum absolute atomic E-state index is 11.7. The van der Waals surface area contributed by atoms with Gasteiger partial charge in [-0.15, -0.1) is 0 Å². The van der Waals surface area contributed by atoms with Crippen molar-refractivity contribution < 1.29 is 14.6 Å². The molecule has 1 heterocycles. The summed E-state index contributed by atoms with van der Waals surface area (Å²) >= 11 is 0. The summed E-state index contributed by atoms with van der Waals surface area (Å²) in [6.45, 7) is 1.45. The molecule has 1 atom stereocenters. The average Bonchev–Trinajstić information content (AvgIpc) is 2.61. The van der Waals surface area contributed by atoms with Crippen LogP contribution in [0.1, 0.15) is 24.1 Å². The molecule has 3 aromatic rings. The van der Waals surface area contributed by atoms with E-state index in [1.165, 1.54) is 6.92 Å². The Morgan fingerprint density at radius 3 is 2.58 bits per heavy atom. The van der Waals surface area contributed by atoms with Crippen LogP contribution in [0.4, 0.5) is 0 Å². The van der Waals surface area contributed by atoms with Gasteiger partial charge in [0.25, 0.3) is 0 Å². The Morgan fingerprint density at radius 2 is 1.92 bits per heavy atom. The molecule has 122 valence electrons. The molecule has 5 heteroatoms. The molecule has 0 saturated heterocycles. The molecule has 2 N–H and O–H groups in total. The minimum Gasteiger partial charge on any atom is -0.505 e. The lowest BCUT2D eigenvalue weighted by Crippen LogP contribution is -2.27. The molecule has 0 unspecified atom stereocenters. The van der Waals surface area contributed by atoms with Gasteiger partial charge in [-0.3, -0.25) is 9.78 Å². The summed E-state index contributed by atoms with van der Waals surface area (Å²) in [5.74, 6) is 0.615. The number of pyridine rings is 1. The number of hydrogen-bond donors (Lipinski definition) is 2. The average molecular weight is 322 g/mol. The Bertz CT molecular complexity index is 875. The van der Waals surface area contributed by atoms with Crippen molar-refractivity contribution in [3.63, 3.8) is 0 Å². The van der Waals surface area contributed by atoms with Crippen molar-refractivity contribution >= 4 is 16.8 Å². The summed E-state index contributed by atoms with van der Waals surface area (Å²) in [6.07, 6.45) is 1.63. The Hall–Kier alpha value is -3.08. The molecule has 1 aromatic heterocycles. The summed E-state index contributed by atoms with van der Waals surface area (Å²) in [5, 5.41) is 14.4. The van der Waals surface area contributed by atoms with Crippen LogP contribution in [0.25, 0.3) is 10.9 Å². The lowest BCUT2D eigenvalue weighted by molar-refractivity contribution is -0.119. The van der Waals surface area contributed by atoms with E-state index in [2.05, 4.69) is 10.3 Å². The van der Waals surface area contributed by atoms with Gasteiger partial charge in [0.2, 0.25) is 5.91 Å². The number of carbonyl (C=O) groups excluding carboxylic acids is 1. The van der Waals surface area contributed by atoms with Crippen molar-refractivity contribution in [1.29, 1.82) is 0 Å². The number of carbonyl (C=O) groups is 1. The first-order valence-electron chi connectivity index (χ1n) is 7.58. The van der Waals surface area contributed by atoms with Crippen LogP contribution in [0.3, 0.4) is 0 Å². The Morgan fingerprint density at radius 1 is 1.17 bits per heavy atom. The number of aromatic nitrogens is 1. The van der Waals surface area contributed by atoms with Gasteiger partial charge in [-0.2, -0.15) is 0 Å². The van der Waals surface area contributed by atoms with Crippen molar-refractivity contribution in [2.45, 2.75) is 13.0 Å². The zero-order valence-corrected chi connectivity index (χ0v) is 13.5. The van der Waals surface area contributed by atoms with E-state index in [9.17, 15) is 9.90 Å². The number of phenolic OH excluding ortho intramolecular Hbond substituents is 1. The fraction of sp³-hybridized carbons (Fsp3) is 0.158. The predicted molar refractivity (Wildman–Crippen MR) is 92.1 cm³/mol. The van der Waals surface area contributed by atoms with Crippen LogP contribution >= 0.6 is 0 Å². The molecule has 5 nitrogen and oxygen atoms in total. The van der Waals surface area contributed by atoms with E-state index in [0.29, 0.717) is 11.1 Å². The molecule has 0 spiro atoms. The number of phenols is 1. The van der Waals surface area contributed by atoms with E-state index < -0.39 is 6.04 Å². The molecule has 0 aliphatic heterocycles. The molecule has 0 fully saturated rings. The largest absolute Gasteiger partial charge is 0.505 e. The molecule has 0 aliphatic carbocycles. The van der Waals surface area contributed by atoms with Gasteiger partial charge in [-0.1, -0.05) is 30.3 Å². The second-order valence-corrected chi connectivity index (χ2v) is 5.49. The number of amides is 1. The van der Waals surface area contributed by atoms with E-state index in [4.69, 9.17) is 4.74 Å². The fourth-order valence-electron chi connectivity index (χ4n) is 2.72. The molecular weight excluding hydrogens is 304 g/mol. The Balaban J connectivity index is 2.11. The number of benzene rings is 2. The SMILES string of the molecule is COc1ccc([C@@H](NC(C)=O)c2ccc3cccnc3c2O)cc1. The van der Waals surface area contributed by atoms with Crippen LogP contribution in [0.5, 0.6) is 11.5 Å². The maximum Gasteiger partial charge on any atom is 0.217 e. The van der Waals surface area contributed by atoms with Crippen LogP contribution in [0, 0.1) is 0 Å². The van der Waals surface area contributed by atoms with Crippen molar-refractivity contribution in [3.8, 4) is 11.5 Å². The fourth-order valence-corrected chi connectivity index (χ4v) is 2.72. The summed E-state index contributed by atoms with van der Waals surface area (Å²) < 4.78 is 5.17. The minimum absolute atomic E-state index is 0.0719. The zero-order chi connectivity index (χ0) is 17.1. The Kier molecular flexibility index (Phi) is 4.33. The first kappa shape index (κ1) is 15.8. The van der Waals surface area contributed by atoms with E-state index in [1.54, 1.807) is 13.3 Å². The van der Waals surface area contributed by atoms with Gasteiger partial charge in [-0.25, -0.2) is 0 Å². The second kappa shape index (κ2) is 6.58. The van der Waals surface area contributed by atoms with Gasteiger partial charge in [-0.05, 0) is 23.8 Å². The number of nitrogens with one attached hydrogen (secondary N) is 1. The molecule has 0 bridgehead atoms. The minimum atomic E-state index is -0.472. The van der Waals surface area contributed by atoms with E-state index in [-0.39, 0.29) is 11.7 Å². The third-order valence-electron chi connectivity index (χ3n) is 3.89. The molecule has 0 aliphatic rings. The van der Waals surface area contributed by atoms with Crippen LogP contribution in [0.2, 0.25) is 0 Å². The molecular formula is C19H18N2O3. The number of ether oxygens (including phenoxy) is 1. The van der Waals surface area contributed by atoms with Crippen LogP contribution in [-0.2, 0) is 4.79 Å². The standard InChI is InChI=1S/C19H18N2O3/c1-12(22)21-17(14-5-8-15(24-2)9-6-14)16-10-7-13-4-3-11-20-18(13)19(16)23/h3-11,17,23H,1-2H3,(H,21,22)/t17-/m1/s1. The number of aromatic hydroxyl groups is 1. The highest BCUT2D eigenvalue weighted by Gasteiger charge is 2.20. The molecule has 0 radical (unpaired) electrons. The van der Waals surface area contributed by atoms with Gasteiger partial charge in [0.15, 0.2) is 0 Å². The summed E-state index contributed by atoms with van der Waals surface area (Å²) in [6, 6.07) is 14.3. The molecule has 2 aromatic carbocycles. The monoisotopic (exact) mass is 322 g/mol. The quantitative estimate of drug-likeness (QED) is 0.774. The second-order valence-electron chi connectivity index (χ2n) is 5.49. The highest BCUT2D eigenvalue weighted by Crippen LogP contribution is 2.34. The topological polar surface area (TPSA) is 71.5 Å².